The molecule has 0 bridgehead atoms. The minimum atomic E-state index is -0.262. The van der Waals surface area contributed by atoms with Crippen molar-refractivity contribution in [2.24, 2.45) is 11.7 Å². The lowest BCUT2D eigenvalue weighted by Gasteiger charge is -2.30. The van der Waals surface area contributed by atoms with Gasteiger partial charge in [-0.25, -0.2) is 9.67 Å². The van der Waals surface area contributed by atoms with Gasteiger partial charge in [-0.3, -0.25) is 9.59 Å². The van der Waals surface area contributed by atoms with Crippen LogP contribution in [-0.4, -0.2) is 50.3 Å². The van der Waals surface area contributed by atoms with Crippen molar-refractivity contribution in [1.82, 2.24) is 19.7 Å². The van der Waals surface area contributed by atoms with Gasteiger partial charge in [-0.2, -0.15) is 0 Å². The number of carbonyl (C=O) groups excluding carboxylic acids is 2. The molecule has 1 saturated carbocycles. The molecule has 1 aromatic heterocycles. The molecular weight excluding hydrogens is 398 g/mol. The monoisotopic (exact) mass is 427 g/mol. The molecule has 30 heavy (non-hydrogen) atoms. The number of carbonyl (C=O) groups is 2. The van der Waals surface area contributed by atoms with Crippen molar-refractivity contribution in [3.8, 4) is 5.69 Å². The molecule has 1 aliphatic heterocycles. The molecule has 160 valence electrons. The number of likely N-dealkylation sites (tertiary alicyclic amines) is 1. The fourth-order valence-corrected chi connectivity index (χ4v) is 5.11. The number of nitrogens with zero attached hydrogens (tertiary/aromatic N) is 4. The van der Waals surface area contributed by atoms with E-state index in [4.69, 9.17) is 15.8 Å². The lowest BCUT2D eigenvalue weighted by molar-refractivity contribution is -0.132. The molecule has 7 nitrogen and oxygen atoms in total. The summed E-state index contributed by atoms with van der Waals surface area (Å²) >= 11 is 1.40. The first kappa shape index (κ1) is 20.9. The minimum Gasteiger partial charge on any atom is -0.369 e. The highest BCUT2D eigenvalue weighted by molar-refractivity contribution is 7.99. The summed E-state index contributed by atoms with van der Waals surface area (Å²) in [5, 5.41) is 5.40. The first-order valence-corrected chi connectivity index (χ1v) is 11.8. The van der Waals surface area contributed by atoms with Gasteiger partial charge in [0.2, 0.25) is 17.0 Å². The number of amides is 2. The van der Waals surface area contributed by atoms with E-state index in [0.29, 0.717) is 42.8 Å². The number of rotatable bonds is 6. The van der Waals surface area contributed by atoms with Crippen molar-refractivity contribution in [3.63, 3.8) is 0 Å². The van der Waals surface area contributed by atoms with E-state index < -0.39 is 0 Å². The van der Waals surface area contributed by atoms with Crippen LogP contribution in [0, 0.1) is 5.92 Å². The number of aromatic nitrogens is 3. The molecule has 0 spiro atoms. The van der Waals surface area contributed by atoms with Gasteiger partial charge in [0.15, 0.2) is 0 Å². The van der Waals surface area contributed by atoms with Crippen LogP contribution < -0.4 is 5.73 Å². The van der Waals surface area contributed by atoms with Gasteiger partial charge in [-0.1, -0.05) is 49.2 Å². The van der Waals surface area contributed by atoms with Gasteiger partial charge in [0.1, 0.15) is 5.82 Å². The van der Waals surface area contributed by atoms with Gasteiger partial charge < -0.3 is 10.6 Å². The Bertz CT molecular complexity index is 871. The van der Waals surface area contributed by atoms with E-state index in [2.05, 4.69) is 0 Å². The Kier molecular flexibility index (Phi) is 6.72. The van der Waals surface area contributed by atoms with E-state index >= 15 is 0 Å². The van der Waals surface area contributed by atoms with Gasteiger partial charge in [-0.05, 0) is 37.8 Å². The van der Waals surface area contributed by atoms with E-state index in [-0.39, 0.29) is 17.7 Å². The van der Waals surface area contributed by atoms with Crippen LogP contribution in [0.2, 0.25) is 0 Å². The molecule has 2 amide bonds. The van der Waals surface area contributed by atoms with E-state index in [1.807, 2.05) is 39.9 Å². The summed E-state index contributed by atoms with van der Waals surface area (Å²) in [7, 11) is 0. The van der Waals surface area contributed by atoms with E-state index in [0.717, 1.165) is 24.4 Å². The summed E-state index contributed by atoms with van der Waals surface area (Å²) in [6, 6.07) is 10.1. The summed E-state index contributed by atoms with van der Waals surface area (Å²) in [4.78, 5) is 30.6. The maximum Gasteiger partial charge on any atom is 0.233 e. The Morgan fingerprint density at radius 1 is 1.03 bits per heavy atom. The van der Waals surface area contributed by atoms with Crippen LogP contribution in [0.3, 0.4) is 0 Å². The average molecular weight is 428 g/mol. The molecule has 2 heterocycles. The highest BCUT2D eigenvalue weighted by Crippen LogP contribution is 2.33. The molecule has 2 N–H and O–H groups in total. The largest absolute Gasteiger partial charge is 0.369 e. The predicted octanol–water partition coefficient (Wildman–Crippen LogP) is 3.13. The average Bonchev–Trinajstić information content (AvgIpc) is 3.23. The van der Waals surface area contributed by atoms with Crippen molar-refractivity contribution >= 4 is 23.6 Å². The number of nitrogens with two attached hydrogens (primary N) is 1. The fraction of sp³-hybridized carbons (Fsp3) is 0.545. The van der Waals surface area contributed by atoms with Crippen molar-refractivity contribution < 1.29 is 9.59 Å². The third-order valence-electron chi connectivity index (χ3n) is 6.16. The fourth-order valence-electron chi connectivity index (χ4n) is 4.38. The Labute approximate surface area is 181 Å². The Hall–Kier alpha value is -2.35. The highest BCUT2D eigenvalue weighted by atomic mass is 32.2. The zero-order valence-corrected chi connectivity index (χ0v) is 18.0. The molecule has 1 aliphatic carbocycles. The van der Waals surface area contributed by atoms with Crippen molar-refractivity contribution in [2.45, 2.75) is 56.0 Å². The predicted molar refractivity (Wildman–Crippen MR) is 116 cm³/mol. The van der Waals surface area contributed by atoms with Gasteiger partial charge in [0, 0.05) is 24.9 Å². The van der Waals surface area contributed by atoms with Crippen LogP contribution in [0.5, 0.6) is 0 Å². The third-order valence-corrected chi connectivity index (χ3v) is 6.98. The van der Waals surface area contributed by atoms with Crippen LogP contribution in [-0.2, 0) is 9.59 Å². The molecule has 4 rings (SSSR count). The number of piperidine rings is 1. The first-order valence-electron chi connectivity index (χ1n) is 10.8. The maximum absolute atomic E-state index is 12.6. The molecule has 0 radical (unpaired) electrons. The summed E-state index contributed by atoms with van der Waals surface area (Å²) in [5.74, 6) is 1.44. The molecule has 0 unspecified atom stereocenters. The minimum absolute atomic E-state index is 0.0678. The zero-order valence-electron chi connectivity index (χ0n) is 17.2. The zero-order chi connectivity index (χ0) is 20.9. The van der Waals surface area contributed by atoms with Crippen LogP contribution in [0.4, 0.5) is 0 Å². The highest BCUT2D eigenvalue weighted by Gasteiger charge is 2.27. The lowest BCUT2D eigenvalue weighted by Crippen LogP contribution is -2.42. The number of thioether (sulfide) groups is 1. The van der Waals surface area contributed by atoms with Crippen LogP contribution >= 0.6 is 11.8 Å². The Morgan fingerprint density at radius 3 is 2.40 bits per heavy atom. The second-order valence-electron chi connectivity index (χ2n) is 8.18. The van der Waals surface area contributed by atoms with Crippen molar-refractivity contribution in [2.75, 3.05) is 18.8 Å². The quantitative estimate of drug-likeness (QED) is 0.715. The summed E-state index contributed by atoms with van der Waals surface area (Å²) in [6.07, 6.45) is 7.34. The van der Waals surface area contributed by atoms with Gasteiger partial charge >= 0.3 is 0 Å². The molecular formula is C22H29N5O2S. The number of hydrogen-bond acceptors (Lipinski definition) is 5. The molecule has 1 aromatic carbocycles. The SMILES string of the molecule is NC(=O)C1CCN(C(=O)CSc2nc(C3CCCCC3)n(-c3ccccc3)n2)CC1. The normalized spacial score (nSPS) is 18.5. The number of hydrogen-bond donors (Lipinski definition) is 1. The van der Waals surface area contributed by atoms with E-state index in [1.54, 1.807) is 0 Å². The van der Waals surface area contributed by atoms with Crippen LogP contribution in [0.1, 0.15) is 56.7 Å². The third kappa shape index (κ3) is 4.86. The molecule has 2 aliphatic rings. The number of para-hydroxylation sites is 1. The van der Waals surface area contributed by atoms with E-state index in [9.17, 15) is 9.59 Å². The molecule has 8 heteroatoms. The number of benzene rings is 1. The van der Waals surface area contributed by atoms with Gasteiger partial charge in [0.05, 0.1) is 11.4 Å². The second-order valence-corrected chi connectivity index (χ2v) is 9.12. The molecule has 2 fully saturated rings. The first-order chi connectivity index (χ1) is 14.6. The molecule has 0 atom stereocenters. The smallest absolute Gasteiger partial charge is 0.233 e. The Balaban J connectivity index is 1.43. The van der Waals surface area contributed by atoms with Crippen LogP contribution in [0.25, 0.3) is 5.69 Å². The molecule has 1 saturated heterocycles. The second kappa shape index (κ2) is 9.64. The summed E-state index contributed by atoms with van der Waals surface area (Å²) < 4.78 is 1.96. The topological polar surface area (TPSA) is 94.1 Å². The summed E-state index contributed by atoms with van der Waals surface area (Å²) in [5.41, 5.74) is 6.40. The van der Waals surface area contributed by atoms with Crippen molar-refractivity contribution in [1.29, 1.82) is 0 Å². The number of primary amides is 1. The van der Waals surface area contributed by atoms with Crippen molar-refractivity contribution in [3.05, 3.63) is 36.2 Å². The molecule has 2 aromatic rings. The van der Waals surface area contributed by atoms with Crippen LogP contribution in [0.15, 0.2) is 35.5 Å². The van der Waals surface area contributed by atoms with Gasteiger partial charge in [-0.15, -0.1) is 5.10 Å². The van der Waals surface area contributed by atoms with Gasteiger partial charge in [0.25, 0.3) is 0 Å². The summed E-state index contributed by atoms with van der Waals surface area (Å²) in [6.45, 7) is 1.18. The maximum atomic E-state index is 12.6. The Morgan fingerprint density at radius 2 is 1.73 bits per heavy atom. The van der Waals surface area contributed by atoms with E-state index in [1.165, 1.54) is 31.0 Å². The standard InChI is InChI=1S/C22H29N5O2S/c23-20(29)16-11-13-26(14-12-16)19(28)15-30-22-24-21(17-7-3-1-4-8-17)27(25-22)18-9-5-2-6-10-18/h2,5-6,9-10,16-17H,1,3-4,7-8,11-15H2,(H2,23,29). The lowest BCUT2D eigenvalue weighted by atomic mass is 9.88.